The van der Waals surface area contributed by atoms with E-state index < -0.39 is 5.60 Å². The molecule has 2 heteroatoms. The fourth-order valence-electron chi connectivity index (χ4n) is 1.85. The average molecular weight is 157 g/mol. The van der Waals surface area contributed by atoms with Gasteiger partial charge >= 0.3 is 0 Å². The summed E-state index contributed by atoms with van der Waals surface area (Å²) in [6.07, 6.45) is 5.52. The van der Waals surface area contributed by atoms with Crippen LogP contribution in [0.1, 0.15) is 39.0 Å². The van der Waals surface area contributed by atoms with Gasteiger partial charge in [0.25, 0.3) is 0 Å². The van der Waals surface area contributed by atoms with Crippen molar-refractivity contribution >= 4 is 0 Å². The zero-order chi connectivity index (χ0) is 8.32. The van der Waals surface area contributed by atoms with Crippen molar-refractivity contribution in [1.29, 1.82) is 0 Å². The second-order valence-electron chi connectivity index (χ2n) is 3.69. The molecule has 0 aromatic heterocycles. The molecule has 66 valence electrons. The van der Waals surface area contributed by atoms with Crippen LogP contribution in [-0.2, 0) is 0 Å². The molecule has 0 saturated heterocycles. The number of hydrogen-bond donors (Lipinski definition) is 2. The quantitative estimate of drug-likeness (QED) is 0.645. The first-order valence-electron chi connectivity index (χ1n) is 4.65. The van der Waals surface area contributed by atoms with Crippen LogP contribution in [0.4, 0.5) is 0 Å². The van der Waals surface area contributed by atoms with Gasteiger partial charge in [0.2, 0.25) is 0 Å². The first kappa shape index (κ1) is 9.01. The highest BCUT2D eigenvalue weighted by molar-refractivity contribution is 4.91. The van der Waals surface area contributed by atoms with E-state index in [9.17, 15) is 5.11 Å². The van der Waals surface area contributed by atoms with E-state index in [4.69, 9.17) is 5.73 Å². The molecule has 1 aliphatic carbocycles. The Kier molecular flexibility index (Phi) is 2.90. The van der Waals surface area contributed by atoms with Crippen LogP contribution in [0, 0.1) is 5.92 Å². The average Bonchev–Trinajstić information content (AvgIpc) is 1.84. The molecule has 0 spiro atoms. The molecule has 0 heterocycles. The third-order valence-electron chi connectivity index (χ3n) is 2.90. The van der Waals surface area contributed by atoms with Crippen LogP contribution < -0.4 is 5.73 Å². The standard InChI is InChI=1S/C9H19NO/c1-2-6-9(11,7-10)8-4-3-5-8/h8,11H,2-7,10H2,1H3. The highest BCUT2D eigenvalue weighted by Crippen LogP contribution is 2.38. The Morgan fingerprint density at radius 3 is 2.45 bits per heavy atom. The number of rotatable bonds is 4. The summed E-state index contributed by atoms with van der Waals surface area (Å²) in [6.45, 7) is 2.53. The molecule has 0 aliphatic heterocycles. The molecule has 1 unspecified atom stereocenters. The van der Waals surface area contributed by atoms with Gasteiger partial charge in [0.05, 0.1) is 5.60 Å². The van der Waals surface area contributed by atoms with E-state index in [1.165, 1.54) is 19.3 Å². The van der Waals surface area contributed by atoms with Crippen LogP contribution in [0.3, 0.4) is 0 Å². The molecule has 1 rings (SSSR count). The summed E-state index contributed by atoms with van der Waals surface area (Å²) in [7, 11) is 0. The molecule has 1 saturated carbocycles. The Morgan fingerprint density at radius 1 is 1.55 bits per heavy atom. The summed E-state index contributed by atoms with van der Waals surface area (Å²) in [5.41, 5.74) is 5.02. The van der Waals surface area contributed by atoms with Gasteiger partial charge in [-0.3, -0.25) is 0 Å². The molecule has 2 nitrogen and oxygen atoms in total. The zero-order valence-corrected chi connectivity index (χ0v) is 7.34. The lowest BCUT2D eigenvalue weighted by Gasteiger charge is -2.40. The molecule has 1 aliphatic rings. The van der Waals surface area contributed by atoms with Gasteiger partial charge in [0, 0.05) is 6.54 Å². The molecule has 0 amide bonds. The van der Waals surface area contributed by atoms with Crippen molar-refractivity contribution in [2.75, 3.05) is 6.54 Å². The first-order valence-corrected chi connectivity index (χ1v) is 4.65. The first-order chi connectivity index (χ1) is 5.23. The minimum atomic E-state index is -0.535. The fraction of sp³-hybridized carbons (Fsp3) is 1.00. The molecule has 11 heavy (non-hydrogen) atoms. The van der Waals surface area contributed by atoms with Gasteiger partial charge in [-0.25, -0.2) is 0 Å². The molecule has 3 N–H and O–H groups in total. The van der Waals surface area contributed by atoms with E-state index in [1.807, 2.05) is 0 Å². The summed E-state index contributed by atoms with van der Waals surface area (Å²) in [5.74, 6) is 0.493. The summed E-state index contributed by atoms with van der Waals surface area (Å²) in [6, 6.07) is 0. The third-order valence-corrected chi connectivity index (χ3v) is 2.90. The summed E-state index contributed by atoms with van der Waals surface area (Å²) >= 11 is 0. The Morgan fingerprint density at radius 2 is 2.18 bits per heavy atom. The lowest BCUT2D eigenvalue weighted by atomic mass is 9.71. The van der Waals surface area contributed by atoms with Gasteiger partial charge in [0.15, 0.2) is 0 Å². The molecule has 1 atom stereocenters. The van der Waals surface area contributed by atoms with Crippen LogP contribution in [-0.4, -0.2) is 17.3 Å². The minimum Gasteiger partial charge on any atom is -0.388 e. The largest absolute Gasteiger partial charge is 0.388 e. The maximum absolute atomic E-state index is 10.0. The minimum absolute atomic E-state index is 0.436. The second kappa shape index (κ2) is 3.55. The Hall–Kier alpha value is -0.0800. The predicted molar refractivity (Wildman–Crippen MR) is 46.3 cm³/mol. The van der Waals surface area contributed by atoms with Gasteiger partial charge in [-0.1, -0.05) is 19.8 Å². The lowest BCUT2D eigenvalue weighted by molar-refractivity contribution is -0.0495. The van der Waals surface area contributed by atoms with Gasteiger partial charge in [-0.2, -0.15) is 0 Å². The van der Waals surface area contributed by atoms with E-state index >= 15 is 0 Å². The van der Waals surface area contributed by atoms with E-state index in [-0.39, 0.29) is 0 Å². The van der Waals surface area contributed by atoms with Crippen LogP contribution in [0.15, 0.2) is 0 Å². The molecule has 0 aromatic rings. The van der Waals surface area contributed by atoms with E-state index in [2.05, 4.69) is 6.92 Å². The van der Waals surface area contributed by atoms with Crippen LogP contribution in [0.5, 0.6) is 0 Å². The molecule has 0 radical (unpaired) electrons. The van der Waals surface area contributed by atoms with E-state index in [0.717, 1.165) is 12.8 Å². The smallest absolute Gasteiger partial charge is 0.0797 e. The zero-order valence-electron chi connectivity index (χ0n) is 7.34. The molecule has 0 aromatic carbocycles. The SMILES string of the molecule is CCCC(O)(CN)C1CCC1. The van der Waals surface area contributed by atoms with E-state index in [0.29, 0.717) is 12.5 Å². The molecule has 0 bridgehead atoms. The van der Waals surface area contributed by atoms with Crippen LogP contribution >= 0.6 is 0 Å². The maximum Gasteiger partial charge on any atom is 0.0797 e. The fourth-order valence-corrected chi connectivity index (χ4v) is 1.85. The summed E-state index contributed by atoms with van der Waals surface area (Å²) in [4.78, 5) is 0. The maximum atomic E-state index is 10.0. The topological polar surface area (TPSA) is 46.2 Å². The Bertz CT molecular complexity index is 123. The van der Waals surface area contributed by atoms with Crippen molar-refractivity contribution in [3.8, 4) is 0 Å². The van der Waals surface area contributed by atoms with Gasteiger partial charge in [-0.05, 0) is 25.2 Å². The van der Waals surface area contributed by atoms with Gasteiger partial charge < -0.3 is 10.8 Å². The summed E-state index contributed by atoms with van der Waals surface area (Å²) in [5, 5.41) is 10.0. The van der Waals surface area contributed by atoms with Crippen LogP contribution in [0.2, 0.25) is 0 Å². The Balaban J connectivity index is 2.43. The van der Waals surface area contributed by atoms with Gasteiger partial charge in [-0.15, -0.1) is 0 Å². The second-order valence-corrected chi connectivity index (χ2v) is 3.69. The highest BCUT2D eigenvalue weighted by atomic mass is 16.3. The van der Waals surface area contributed by atoms with Crippen molar-refractivity contribution in [3.05, 3.63) is 0 Å². The van der Waals surface area contributed by atoms with Gasteiger partial charge in [0.1, 0.15) is 0 Å². The highest BCUT2D eigenvalue weighted by Gasteiger charge is 2.37. The lowest BCUT2D eigenvalue weighted by Crippen LogP contribution is -2.47. The van der Waals surface area contributed by atoms with E-state index in [1.54, 1.807) is 0 Å². The number of aliphatic hydroxyl groups is 1. The van der Waals surface area contributed by atoms with Crippen molar-refractivity contribution in [1.82, 2.24) is 0 Å². The normalized spacial score (nSPS) is 24.3. The Labute approximate surface area is 68.8 Å². The predicted octanol–water partition coefficient (Wildman–Crippen LogP) is 1.28. The number of hydrogen-bond acceptors (Lipinski definition) is 2. The molecule has 1 fully saturated rings. The monoisotopic (exact) mass is 157 g/mol. The number of nitrogens with two attached hydrogens (primary N) is 1. The van der Waals surface area contributed by atoms with Crippen molar-refractivity contribution in [2.45, 2.75) is 44.6 Å². The molecular formula is C9H19NO. The summed E-state index contributed by atoms with van der Waals surface area (Å²) < 4.78 is 0. The third kappa shape index (κ3) is 1.74. The molecular weight excluding hydrogens is 138 g/mol. The van der Waals surface area contributed by atoms with Crippen molar-refractivity contribution in [2.24, 2.45) is 11.7 Å². The van der Waals surface area contributed by atoms with Crippen LogP contribution in [0.25, 0.3) is 0 Å². The van der Waals surface area contributed by atoms with Crippen molar-refractivity contribution in [3.63, 3.8) is 0 Å². The van der Waals surface area contributed by atoms with Crippen molar-refractivity contribution < 1.29 is 5.11 Å².